The number of carbonyl (C=O) groups is 2. The van der Waals surface area contributed by atoms with Crippen molar-refractivity contribution in [3.63, 3.8) is 0 Å². The fourth-order valence-corrected chi connectivity index (χ4v) is 5.73. The van der Waals surface area contributed by atoms with E-state index >= 15 is 0 Å². The molecule has 6 nitrogen and oxygen atoms in total. The van der Waals surface area contributed by atoms with Gasteiger partial charge in [-0.05, 0) is 58.2 Å². The third kappa shape index (κ3) is 25.4. The number of carbonyl (C=O) groups excluding carboxylic acids is 2. The Morgan fingerprint density at radius 1 is 0.452 bits per heavy atom. The van der Waals surface area contributed by atoms with Gasteiger partial charge in [0.25, 0.3) is 0 Å². The molecule has 0 heterocycles. The lowest BCUT2D eigenvalue weighted by molar-refractivity contribution is -0.140. The van der Waals surface area contributed by atoms with Crippen molar-refractivity contribution in [1.82, 2.24) is 14.7 Å². The minimum atomic E-state index is -0.106. The van der Waals surface area contributed by atoms with Crippen molar-refractivity contribution in [2.24, 2.45) is 0 Å². The van der Waals surface area contributed by atoms with Gasteiger partial charge in [-0.2, -0.15) is 0 Å². The van der Waals surface area contributed by atoms with Crippen LogP contribution in [-0.2, 0) is 14.3 Å². The molecule has 0 saturated heterocycles. The highest BCUT2D eigenvalue weighted by atomic mass is 16.5. The van der Waals surface area contributed by atoms with E-state index < -0.39 is 0 Å². The molecule has 0 aliphatic heterocycles. The van der Waals surface area contributed by atoms with Crippen molar-refractivity contribution in [3.05, 3.63) is 0 Å². The molecule has 42 heavy (non-hydrogen) atoms. The minimum Gasteiger partial charge on any atom is -0.469 e. The van der Waals surface area contributed by atoms with Gasteiger partial charge in [-0.15, -0.1) is 0 Å². The van der Waals surface area contributed by atoms with E-state index in [4.69, 9.17) is 4.74 Å². The van der Waals surface area contributed by atoms with Crippen molar-refractivity contribution >= 4 is 11.9 Å². The van der Waals surface area contributed by atoms with Crippen LogP contribution in [0.15, 0.2) is 0 Å². The fraction of sp³-hybridized carbons (Fsp3) is 0.944. The first-order valence-corrected chi connectivity index (χ1v) is 18.3. The van der Waals surface area contributed by atoms with Crippen molar-refractivity contribution in [3.8, 4) is 0 Å². The summed E-state index contributed by atoms with van der Waals surface area (Å²) in [6, 6.07) is 0. The molecule has 1 amide bonds. The second-order valence-electron chi connectivity index (χ2n) is 12.5. The smallest absolute Gasteiger partial charge is 0.305 e. The van der Waals surface area contributed by atoms with E-state index in [1.807, 2.05) is 0 Å². The highest BCUT2D eigenvalue weighted by Gasteiger charge is 2.17. The molecule has 0 aliphatic carbocycles. The van der Waals surface area contributed by atoms with Crippen LogP contribution in [0.2, 0.25) is 0 Å². The first-order chi connectivity index (χ1) is 20.5. The average Bonchev–Trinajstić information content (AvgIpc) is 2.99. The predicted octanol–water partition coefficient (Wildman–Crippen LogP) is 8.86. The number of esters is 1. The SMILES string of the molecule is CCCCCCCCCN(CCCCCCCC)CCN(CCCCCCCC(=O)OC)CC(=O)N(CCC)CCC. The Morgan fingerprint density at radius 3 is 1.31 bits per heavy atom. The number of methoxy groups -OCH3 is 1. The second-order valence-corrected chi connectivity index (χ2v) is 12.5. The summed E-state index contributed by atoms with van der Waals surface area (Å²) in [6.45, 7) is 16.6. The van der Waals surface area contributed by atoms with Crippen LogP contribution in [0.4, 0.5) is 0 Å². The Bertz CT molecular complexity index is 595. The van der Waals surface area contributed by atoms with E-state index in [-0.39, 0.29) is 5.97 Å². The molecule has 0 aromatic rings. The highest BCUT2D eigenvalue weighted by molar-refractivity contribution is 5.78. The monoisotopic (exact) mass is 596 g/mol. The van der Waals surface area contributed by atoms with Crippen LogP contribution >= 0.6 is 0 Å². The van der Waals surface area contributed by atoms with E-state index in [1.165, 1.54) is 104 Å². The number of amides is 1. The zero-order valence-electron chi connectivity index (χ0n) is 29.1. The largest absolute Gasteiger partial charge is 0.469 e. The van der Waals surface area contributed by atoms with Crippen molar-refractivity contribution in [2.45, 2.75) is 163 Å². The number of hydrogen-bond donors (Lipinski definition) is 0. The first-order valence-electron chi connectivity index (χ1n) is 18.3. The fourth-order valence-electron chi connectivity index (χ4n) is 5.73. The maximum Gasteiger partial charge on any atom is 0.305 e. The van der Waals surface area contributed by atoms with E-state index in [0.29, 0.717) is 18.9 Å². The Hall–Kier alpha value is -1.14. The summed E-state index contributed by atoms with van der Waals surface area (Å²) in [6.07, 6.45) is 25.5. The molecule has 250 valence electrons. The van der Waals surface area contributed by atoms with Crippen molar-refractivity contribution < 1.29 is 14.3 Å². The molecular formula is C36H73N3O3. The van der Waals surface area contributed by atoms with Gasteiger partial charge in [0.05, 0.1) is 13.7 Å². The van der Waals surface area contributed by atoms with Gasteiger partial charge in [0.1, 0.15) is 0 Å². The van der Waals surface area contributed by atoms with Crippen LogP contribution in [0.25, 0.3) is 0 Å². The summed E-state index contributed by atoms with van der Waals surface area (Å²) >= 11 is 0. The average molecular weight is 596 g/mol. The summed E-state index contributed by atoms with van der Waals surface area (Å²) in [7, 11) is 1.46. The molecule has 0 atom stereocenters. The molecule has 0 radical (unpaired) electrons. The number of ether oxygens (including phenoxy) is 1. The Balaban J connectivity index is 4.95. The van der Waals surface area contributed by atoms with E-state index in [2.05, 4.69) is 42.4 Å². The normalized spacial score (nSPS) is 11.5. The molecule has 6 heteroatoms. The molecule has 0 fully saturated rings. The molecule has 0 spiro atoms. The molecule has 0 aromatic carbocycles. The van der Waals surface area contributed by atoms with E-state index in [1.54, 1.807) is 0 Å². The van der Waals surface area contributed by atoms with E-state index in [9.17, 15) is 9.59 Å². The minimum absolute atomic E-state index is 0.106. The Kier molecular flexibility index (Phi) is 30.4. The maximum absolute atomic E-state index is 13.3. The molecule has 0 saturated carbocycles. The summed E-state index contributed by atoms with van der Waals surface area (Å²) in [5.74, 6) is 0.191. The van der Waals surface area contributed by atoms with Crippen LogP contribution in [-0.4, -0.2) is 86.0 Å². The van der Waals surface area contributed by atoms with Crippen LogP contribution in [0, 0.1) is 0 Å². The van der Waals surface area contributed by atoms with Gasteiger partial charge in [0.2, 0.25) is 5.91 Å². The van der Waals surface area contributed by atoms with Gasteiger partial charge in [0.15, 0.2) is 0 Å². The molecular weight excluding hydrogens is 522 g/mol. The van der Waals surface area contributed by atoms with Crippen LogP contribution in [0.3, 0.4) is 0 Å². The maximum atomic E-state index is 13.3. The van der Waals surface area contributed by atoms with Crippen LogP contribution in [0.1, 0.15) is 163 Å². The van der Waals surface area contributed by atoms with Gasteiger partial charge in [-0.3, -0.25) is 14.5 Å². The molecule has 0 unspecified atom stereocenters. The zero-order valence-corrected chi connectivity index (χ0v) is 29.1. The van der Waals surface area contributed by atoms with Gasteiger partial charge < -0.3 is 14.5 Å². The number of unbranched alkanes of at least 4 members (excludes halogenated alkanes) is 15. The van der Waals surface area contributed by atoms with Gasteiger partial charge in [-0.1, -0.05) is 118 Å². The molecule has 0 N–H and O–H groups in total. The predicted molar refractivity (Wildman–Crippen MR) is 181 cm³/mol. The number of nitrogens with zero attached hydrogens (tertiary/aromatic N) is 3. The molecule has 0 rings (SSSR count). The van der Waals surface area contributed by atoms with E-state index in [0.717, 1.165) is 77.7 Å². The standard InChI is InChI=1S/C36H73N3O3/c1-6-10-12-14-16-20-24-30-37(29-23-19-15-13-11-7-2)32-33-38(34-35(40)39(27-8-3)28-9-4)31-25-21-17-18-22-26-36(41)42-5/h6-34H2,1-5H3. The first kappa shape index (κ1) is 40.9. The van der Waals surface area contributed by atoms with Crippen LogP contribution in [0.5, 0.6) is 0 Å². The van der Waals surface area contributed by atoms with Crippen LogP contribution < -0.4 is 0 Å². The Morgan fingerprint density at radius 2 is 0.857 bits per heavy atom. The van der Waals surface area contributed by atoms with Gasteiger partial charge >= 0.3 is 5.97 Å². The molecule has 0 bridgehead atoms. The summed E-state index contributed by atoms with van der Waals surface area (Å²) in [5.41, 5.74) is 0. The van der Waals surface area contributed by atoms with Gasteiger partial charge in [-0.25, -0.2) is 0 Å². The van der Waals surface area contributed by atoms with Gasteiger partial charge in [0, 0.05) is 32.6 Å². The van der Waals surface area contributed by atoms with Crippen molar-refractivity contribution in [2.75, 3.05) is 59.5 Å². The molecule has 0 aliphatic rings. The summed E-state index contributed by atoms with van der Waals surface area (Å²) < 4.78 is 4.76. The Labute approximate surface area is 262 Å². The quantitative estimate of drug-likeness (QED) is 0.0574. The topological polar surface area (TPSA) is 53.1 Å². The third-order valence-corrected chi connectivity index (χ3v) is 8.42. The van der Waals surface area contributed by atoms with Crippen molar-refractivity contribution in [1.29, 1.82) is 0 Å². The molecule has 0 aromatic heterocycles. The highest BCUT2D eigenvalue weighted by Crippen LogP contribution is 2.11. The summed E-state index contributed by atoms with van der Waals surface area (Å²) in [4.78, 5) is 31.9. The second kappa shape index (κ2) is 31.3. The number of rotatable bonds is 32. The number of hydrogen-bond acceptors (Lipinski definition) is 5. The summed E-state index contributed by atoms with van der Waals surface area (Å²) in [5, 5.41) is 0. The zero-order chi connectivity index (χ0) is 31.1. The third-order valence-electron chi connectivity index (χ3n) is 8.42. The lowest BCUT2D eigenvalue weighted by atomic mass is 10.1. The lowest BCUT2D eigenvalue weighted by Crippen LogP contribution is -2.44. The lowest BCUT2D eigenvalue weighted by Gasteiger charge is -2.30.